The number of benzene rings is 1. The summed E-state index contributed by atoms with van der Waals surface area (Å²) in [5.74, 6) is 0.197. The third kappa shape index (κ3) is 3.82. The van der Waals surface area contributed by atoms with E-state index >= 15 is 0 Å². The zero-order valence-corrected chi connectivity index (χ0v) is 13.7. The Morgan fingerprint density at radius 2 is 2.04 bits per heavy atom. The van der Waals surface area contributed by atoms with Crippen LogP contribution < -0.4 is 5.32 Å². The molecule has 1 aromatic carbocycles. The molecule has 1 heterocycles. The molecule has 7 nitrogen and oxygen atoms in total. The summed E-state index contributed by atoms with van der Waals surface area (Å²) in [6, 6.07) is 6.89. The van der Waals surface area contributed by atoms with Gasteiger partial charge in [-0.1, -0.05) is 24.6 Å². The number of aromatic nitrogens is 4. The highest BCUT2D eigenvalue weighted by Gasteiger charge is 2.23. The van der Waals surface area contributed by atoms with Gasteiger partial charge < -0.3 is 10.4 Å². The van der Waals surface area contributed by atoms with Gasteiger partial charge in [0.2, 0.25) is 11.1 Å². The number of hydrogen-bond donors (Lipinski definition) is 2. The first kappa shape index (κ1) is 15.8. The van der Waals surface area contributed by atoms with Crippen LogP contribution in [0.5, 0.6) is 5.75 Å². The number of tetrazole rings is 1. The Bertz CT molecular complexity index is 667. The van der Waals surface area contributed by atoms with Gasteiger partial charge in [0.25, 0.3) is 0 Å². The minimum Gasteiger partial charge on any atom is -0.508 e. The van der Waals surface area contributed by atoms with E-state index in [1.54, 1.807) is 28.9 Å². The number of thioether (sulfide) groups is 1. The maximum absolute atomic E-state index is 12.3. The fourth-order valence-electron chi connectivity index (χ4n) is 2.61. The molecule has 1 saturated carbocycles. The maximum Gasteiger partial charge on any atom is 0.233 e. The van der Waals surface area contributed by atoms with E-state index in [1.807, 2.05) is 6.92 Å². The fourth-order valence-corrected chi connectivity index (χ4v) is 3.43. The summed E-state index contributed by atoms with van der Waals surface area (Å²) >= 11 is 1.32. The van der Waals surface area contributed by atoms with Crippen LogP contribution in [-0.4, -0.2) is 42.5 Å². The van der Waals surface area contributed by atoms with Gasteiger partial charge in [-0.3, -0.25) is 4.79 Å². The summed E-state index contributed by atoms with van der Waals surface area (Å²) in [5.41, 5.74) is 0.735. The summed E-state index contributed by atoms with van der Waals surface area (Å²) in [4.78, 5) is 12.3. The van der Waals surface area contributed by atoms with E-state index in [1.165, 1.54) is 24.6 Å². The molecule has 1 aliphatic rings. The SMILES string of the molecule is C[C@H](Sc1nnnn1-c1ccc(O)cc1)C(=O)NC1CCCC1. The molecule has 0 spiro atoms. The number of amides is 1. The molecular weight excluding hydrogens is 314 g/mol. The number of phenols is 1. The van der Waals surface area contributed by atoms with E-state index in [0.29, 0.717) is 11.2 Å². The van der Waals surface area contributed by atoms with E-state index in [0.717, 1.165) is 18.5 Å². The summed E-state index contributed by atoms with van der Waals surface area (Å²) < 4.78 is 1.56. The van der Waals surface area contributed by atoms with E-state index < -0.39 is 0 Å². The Morgan fingerprint density at radius 3 is 2.74 bits per heavy atom. The predicted octanol–water partition coefficient (Wildman–Crippen LogP) is 1.91. The van der Waals surface area contributed by atoms with Gasteiger partial charge in [-0.15, -0.1) is 5.10 Å². The molecule has 23 heavy (non-hydrogen) atoms. The molecule has 3 rings (SSSR count). The van der Waals surface area contributed by atoms with Crippen molar-refractivity contribution in [2.45, 2.75) is 49.1 Å². The van der Waals surface area contributed by atoms with E-state index in [2.05, 4.69) is 20.8 Å². The third-order valence-corrected chi connectivity index (χ3v) is 4.92. The maximum atomic E-state index is 12.3. The number of carbonyl (C=O) groups excluding carboxylic acids is 1. The van der Waals surface area contributed by atoms with Gasteiger partial charge in [0.05, 0.1) is 10.9 Å². The van der Waals surface area contributed by atoms with Crippen LogP contribution in [0.1, 0.15) is 32.6 Å². The van der Waals surface area contributed by atoms with Crippen LogP contribution in [0.25, 0.3) is 5.69 Å². The lowest BCUT2D eigenvalue weighted by Gasteiger charge is -2.15. The Hall–Kier alpha value is -2.09. The zero-order valence-electron chi connectivity index (χ0n) is 12.8. The van der Waals surface area contributed by atoms with Crippen molar-refractivity contribution in [3.8, 4) is 11.4 Å². The second kappa shape index (κ2) is 6.99. The molecule has 1 aliphatic carbocycles. The Labute approximate surface area is 138 Å². The van der Waals surface area contributed by atoms with Crippen LogP contribution in [-0.2, 0) is 4.79 Å². The predicted molar refractivity (Wildman–Crippen MR) is 86.5 cm³/mol. The number of phenolic OH excluding ortho intramolecular Hbond substituents is 1. The van der Waals surface area contributed by atoms with Crippen molar-refractivity contribution < 1.29 is 9.90 Å². The Balaban J connectivity index is 1.67. The lowest BCUT2D eigenvalue weighted by molar-refractivity contribution is -0.120. The molecule has 1 amide bonds. The zero-order chi connectivity index (χ0) is 16.2. The molecule has 8 heteroatoms. The van der Waals surface area contributed by atoms with Gasteiger partial charge in [0, 0.05) is 6.04 Å². The van der Waals surface area contributed by atoms with Crippen molar-refractivity contribution in [3.05, 3.63) is 24.3 Å². The largest absolute Gasteiger partial charge is 0.508 e. The minimum atomic E-state index is -0.280. The molecule has 2 N–H and O–H groups in total. The number of carbonyl (C=O) groups is 1. The minimum absolute atomic E-state index is 0.0159. The lowest BCUT2D eigenvalue weighted by Crippen LogP contribution is -2.37. The summed E-state index contributed by atoms with van der Waals surface area (Å²) in [6.45, 7) is 1.85. The van der Waals surface area contributed by atoms with Crippen LogP contribution in [0.3, 0.4) is 0 Å². The summed E-state index contributed by atoms with van der Waals surface area (Å²) in [7, 11) is 0. The smallest absolute Gasteiger partial charge is 0.233 e. The number of hydrogen-bond acceptors (Lipinski definition) is 6. The topological polar surface area (TPSA) is 92.9 Å². The van der Waals surface area contributed by atoms with Crippen molar-refractivity contribution >= 4 is 17.7 Å². The van der Waals surface area contributed by atoms with Crippen molar-refractivity contribution in [1.82, 2.24) is 25.5 Å². The second-order valence-electron chi connectivity index (χ2n) is 5.64. The molecule has 0 aliphatic heterocycles. The quantitative estimate of drug-likeness (QED) is 0.812. The van der Waals surface area contributed by atoms with E-state index in [9.17, 15) is 9.90 Å². The molecule has 1 fully saturated rings. The van der Waals surface area contributed by atoms with Gasteiger partial charge in [-0.2, -0.15) is 4.68 Å². The molecule has 122 valence electrons. The molecule has 0 unspecified atom stereocenters. The number of nitrogens with one attached hydrogen (secondary N) is 1. The summed E-state index contributed by atoms with van der Waals surface area (Å²) in [5, 5.41) is 24.3. The molecule has 0 bridgehead atoms. The Morgan fingerprint density at radius 1 is 1.35 bits per heavy atom. The molecule has 1 aromatic heterocycles. The van der Waals surface area contributed by atoms with Crippen molar-refractivity contribution in [1.29, 1.82) is 0 Å². The first-order chi connectivity index (χ1) is 11.1. The van der Waals surface area contributed by atoms with Gasteiger partial charge >= 0.3 is 0 Å². The van der Waals surface area contributed by atoms with Crippen molar-refractivity contribution in [2.75, 3.05) is 0 Å². The lowest BCUT2D eigenvalue weighted by atomic mass is 10.2. The Kier molecular flexibility index (Phi) is 4.80. The molecule has 2 aromatic rings. The van der Waals surface area contributed by atoms with Gasteiger partial charge in [-0.25, -0.2) is 0 Å². The molecule has 1 atom stereocenters. The average Bonchev–Trinajstić information content (AvgIpc) is 3.20. The highest BCUT2D eigenvalue weighted by molar-refractivity contribution is 8.00. The molecule has 0 radical (unpaired) electrons. The van der Waals surface area contributed by atoms with Crippen LogP contribution >= 0.6 is 11.8 Å². The highest BCUT2D eigenvalue weighted by atomic mass is 32.2. The monoisotopic (exact) mass is 333 g/mol. The first-order valence-corrected chi connectivity index (χ1v) is 8.56. The second-order valence-corrected chi connectivity index (χ2v) is 6.95. The summed E-state index contributed by atoms with van der Waals surface area (Å²) in [6.07, 6.45) is 4.50. The standard InChI is InChI=1S/C15H19N5O2S/c1-10(14(22)16-11-4-2-3-5-11)23-15-17-18-19-20(15)12-6-8-13(21)9-7-12/h6-11,21H,2-5H2,1H3,(H,16,22)/t10-/m0/s1. The van der Waals surface area contributed by atoms with Crippen molar-refractivity contribution in [2.24, 2.45) is 0 Å². The highest BCUT2D eigenvalue weighted by Crippen LogP contribution is 2.25. The number of aromatic hydroxyl groups is 1. The molecular formula is C15H19N5O2S. The third-order valence-electron chi connectivity index (χ3n) is 3.89. The van der Waals surface area contributed by atoms with Gasteiger partial charge in [0.1, 0.15) is 5.75 Å². The van der Waals surface area contributed by atoms with Crippen LogP contribution in [0, 0.1) is 0 Å². The van der Waals surface area contributed by atoms with Gasteiger partial charge in [-0.05, 0) is 54.5 Å². The number of nitrogens with zero attached hydrogens (tertiary/aromatic N) is 4. The van der Waals surface area contributed by atoms with E-state index in [4.69, 9.17) is 0 Å². The van der Waals surface area contributed by atoms with Crippen LogP contribution in [0.2, 0.25) is 0 Å². The normalized spacial score (nSPS) is 16.4. The number of rotatable bonds is 5. The fraction of sp³-hybridized carbons (Fsp3) is 0.467. The molecule has 0 saturated heterocycles. The van der Waals surface area contributed by atoms with Gasteiger partial charge in [0.15, 0.2) is 0 Å². The van der Waals surface area contributed by atoms with Crippen molar-refractivity contribution in [3.63, 3.8) is 0 Å². The van der Waals surface area contributed by atoms with E-state index in [-0.39, 0.29) is 16.9 Å². The average molecular weight is 333 g/mol. The van der Waals surface area contributed by atoms with Crippen LogP contribution in [0.15, 0.2) is 29.4 Å². The first-order valence-electron chi connectivity index (χ1n) is 7.68. The van der Waals surface area contributed by atoms with Crippen LogP contribution in [0.4, 0.5) is 0 Å².